The summed E-state index contributed by atoms with van der Waals surface area (Å²) in [5, 5.41) is 22.1. The van der Waals surface area contributed by atoms with E-state index in [1.54, 1.807) is 42.5 Å². The Kier molecular flexibility index (Phi) is 5.78. The highest BCUT2D eigenvalue weighted by molar-refractivity contribution is 6.19. The zero-order valence-electron chi connectivity index (χ0n) is 22.3. The summed E-state index contributed by atoms with van der Waals surface area (Å²) in [5.41, 5.74) is -0.309. The van der Waals surface area contributed by atoms with E-state index in [4.69, 9.17) is 0 Å². The Balaban J connectivity index is 1.65. The Hall–Kier alpha value is -5.74. The minimum atomic E-state index is -5.09. The molecular weight excluding hydrogens is 578 g/mol. The summed E-state index contributed by atoms with van der Waals surface area (Å²) >= 11 is 0. The molecule has 2 aromatic heterocycles. The lowest BCUT2D eigenvalue weighted by molar-refractivity contribution is -0.142. The molecular formula is C34H16F6N4. The van der Waals surface area contributed by atoms with E-state index < -0.39 is 29.2 Å². The molecule has 0 atom stereocenters. The molecule has 0 unspecified atom stereocenters. The first kappa shape index (κ1) is 27.1. The number of benzene rings is 5. The van der Waals surface area contributed by atoms with Crippen molar-refractivity contribution < 1.29 is 26.3 Å². The second kappa shape index (κ2) is 9.38. The molecule has 0 bridgehead atoms. The molecule has 10 heteroatoms. The summed E-state index contributed by atoms with van der Waals surface area (Å²) in [5.74, 6) is 0. The molecule has 44 heavy (non-hydrogen) atoms. The quantitative estimate of drug-likeness (QED) is 0.187. The largest absolute Gasteiger partial charge is 0.418 e. The molecule has 0 aliphatic carbocycles. The van der Waals surface area contributed by atoms with Gasteiger partial charge in [-0.3, -0.25) is 0 Å². The standard InChI is InChI=1S/C34H16F6N4/c35-33(36,37)21-10-12-30(26(14-21)34(38,39)40)44-29-8-4-2-6-23(29)25-15-24-22-5-1-3-7-28(22)43(31(24)16-32(25)44)27-11-9-19(17-41)13-20(27)18-42/h1-16H. The van der Waals surface area contributed by atoms with Crippen LogP contribution in [-0.4, -0.2) is 9.13 Å². The van der Waals surface area contributed by atoms with E-state index in [-0.39, 0.29) is 17.2 Å². The minimum absolute atomic E-state index is 0.140. The van der Waals surface area contributed by atoms with Crippen LogP contribution in [0.4, 0.5) is 26.3 Å². The van der Waals surface area contributed by atoms with Gasteiger partial charge in [-0.15, -0.1) is 0 Å². The number of para-hydroxylation sites is 2. The molecule has 0 saturated heterocycles. The van der Waals surface area contributed by atoms with Gasteiger partial charge in [0.2, 0.25) is 0 Å². The van der Waals surface area contributed by atoms with Crippen LogP contribution in [0.2, 0.25) is 0 Å². The highest BCUT2D eigenvalue weighted by Gasteiger charge is 2.39. The lowest BCUT2D eigenvalue weighted by Crippen LogP contribution is -2.14. The molecule has 214 valence electrons. The predicted octanol–water partition coefficient (Wildman–Crippen LogP) is 9.66. The molecule has 0 saturated carbocycles. The highest BCUT2D eigenvalue weighted by Crippen LogP contribution is 2.44. The Bertz CT molecular complexity index is 2390. The first-order chi connectivity index (χ1) is 21.0. The number of rotatable bonds is 2. The molecule has 7 aromatic rings. The van der Waals surface area contributed by atoms with E-state index in [0.29, 0.717) is 39.1 Å². The molecule has 7 rings (SSSR count). The predicted molar refractivity (Wildman–Crippen MR) is 155 cm³/mol. The first-order valence-electron chi connectivity index (χ1n) is 13.2. The van der Waals surface area contributed by atoms with Crippen LogP contribution in [0.15, 0.2) is 97.1 Å². The smallest absolute Gasteiger partial charge is 0.309 e. The molecule has 0 aliphatic rings. The fourth-order valence-corrected chi connectivity index (χ4v) is 5.97. The normalized spacial score (nSPS) is 12.3. The van der Waals surface area contributed by atoms with Crippen LogP contribution in [0.1, 0.15) is 22.3 Å². The van der Waals surface area contributed by atoms with Crippen LogP contribution in [0.5, 0.6) is 0 Å². The van der Waals surface area contributed by atoms with Crippen molar-refractivity contribution in [2.24, 2.45) is 0 Å². The van der Waals surface area contributed by atoms with Crippen LogP contribution < -0.4 is 0 Å². The molecule has 0 fully saturated rings. The van der Waals surface area contributed by atoms with Gasteiger partial charge in [0, 0.05) is 21.5 Å². The maximum atomic E-state index is 14.4. The Labute approximate surface area is 244 Å². The van der Waals surface area contributed by atoms with E-state index in [1.165, 1.54) is 10.6 Å². The SMILES string of the molecule is N#Cc1ccc(-n2c3ccccc3c3cc4c5ccccc5n(-c5ccc(C(F)(F)F)cc5C(F)(F)F)c4cc32)c(C#N)c1. The first-order valence-corrected chi connectivity index (χ1v) is 13.2. The van der Waals surface area contributed by atoms with Crippen molar-refractivity contribution in [3.05, 3.63) is 119 Å². The van der Waals surface area contributed by atoms with E-state index >= 15 is 0 Å². The zero-order valence-corrected chi connectivity index (χ0v) is 22.3. The van der Waals surface area contributed by atoms with Gasteiger partial charge in [0.1, 0.15) is 6.07 Å². The van der Waals surface area contributed by atoms with Crippen LogP contribution in [0.3, 0.4) is 0 Å². The Morgan fingerprint density at radius 3 is 1.61 bits per heavy atom. The second-order valence-corrected chi connectivity index (χ2v) is 10.3. The molecule has 0 N–H and O–H groups in total. The van der Waals surface area contributed by atoms with Crippen molar-refractivity contribution >= 4 is 43.6 Å². The third-order valence-corrected chi connectivity index (χ3v) is 7.82. The number of hydrogen-bond acceptors (Lipinski definition) is 2. The van der Waals surface area contributed by atoms with Crippen molar-refractivity contribution in [2.75, 3.05) is 0 Å². The van der Waals surface area contributed by atoms with E-state index in [0.717, 1.165) is 22.4 Å². The molecule has 4 nitrogen and oxygen atoms in total. The topological polar surface area (TPSA) is 57.4 Å². The third kappa shape index (κ3) is 3.99. The summed E-state index contributed by atoms with van der Waals surface area (Å²) < 4.78 is 86.9. The van der Waals surface area contributed by atoms with Gasteiger partial charge in [0.25, 0.3) is 0 Å². The molecule has 0 spiro atoms. The van der Waals surface area contributed by atoms with Crippen LogP contribution in [0, 0.1) is 22.7 Å². The maximum absolute atomic E-state index is 14.4. The fourth-order valence-electron chi connectivity index (χ4n) is 5.97. The van der Waals surface area contributed by atoms with Gasteiger partial charge >= 0.3 is 12.4 Å². The van der Waals surface area contributed by atoms with Gasteiger partial charge in [-0.1, -0.05) is 36.4 Å². The lowest BCUT2D eigenvalue weighted by Gasteiger charge is -2.18. The molecule has 0 aliphatic heterocycles. The summed E-state index contributed by atoms with van der Waals surface area (Å²) in [6.45, 7) is 0. The fraction of sp³-hybridized carbons (Fsp3) is 0.0588. The number of nitriles is 2. The minimum Gasteiger partial charge on any atom is -0.309 e. The Morgan fingerprint density at radius 2 is 1.07 bits per heavy atom. The maximum Gasteiger partial charge on any atom is 0.418 e. The van der Waals surface area contributed by atoms with Gasteiger partial charge in [-0.05, 0) is 60.7 Å². The number of hydrogen-bond donors (Lipinski definition) is 0. The molecule has 2 heterocycles. The zero-order chi connectivity index (χ0) is 31.0. The number of halogens is 6. The molecule has 0 amide bonds. The van der Waals surface area contributed by atoms with E-state index in [9.17, 15) is 36.9 Å². The number of fused-ring (bicyclic) bond motifs is 6. The highest BCUT2D eigenvalue weighted by atomic mass is 19.4. The second-order valence-electron chi connectivity index (χ2n) is 10.3. The molecule has 5 aromatic carbocycles. The van der Waals surface area contributed by atoms with Crippen molar-refractivity contribution in [1.29, 1.82) is 10.5 Å². The number of nitrogens with zero attached hydrogens (tertiary/aromatic N) is 4. The van der Waals surface area contributed by atoms with Crippen LogP contribution >= 0.6 is 0 Å². The summed E-state index contributed by atoms with van der Waals surface area (Å²) in [6, 6.07) is 28.2. The lowest BCUT2D eigenvalue weighted by atomic mass is 10.1. The van der Waals surface area contributed by atoms with Crippen molar-refractivity contribution in [3.63, 3.8) is 0 Å². The van der Waals surface area contributed by atoms with Crippen molar-refractivity contribution in [2.45, 2.75) is 12.4 Å². The summed E-state index contributed by atoms with van der Waals surface area (Å²) in [4.78, 5) is 0. The monoisotopic (exact) mass is 594 g/mol. The number of aromatic nitrogens is 2. The average Bonchev–Trinajstić information content (AvgIpc) is 3.50. The van der Waals surface area contributed by atoms with Gasteiger partial charge in [0.15, 0.2) is 0 Å². The Morgan fingerprint density at radius 1 is 0.500 bits per heavy atom. The van der Waals surface area contributed by atoms with Gasteiger partial charge in [-0.25, -0.2) is 0 Å². The van der Waals surface area contributed by atoms with E-state index in [2.05, 4.69) is 6.07 Å². The number of alkyl halides is 6. The van der Waals surface area contributed by atoms with Gasteiger partial charge in [-0.2, -0.15) is 36.9 Å². The average molecular weight is 595 g/mol. The van der Waals surface area contributed by atoms with Gasteiger partial charge in [0.05, 0.1) is 61.8 Å². The van der Waals surface area contributed by atoms with Crippen molar-refractivity contribution in [1.82, 2.24) is 9.13 Å². The molecule has 0 radical (unpaired) electrons. The third-order valence-electron chi connectivity index (χ3n) is 7.82. The van der Waals surface area contributed by atoms with Crippen LogP contribution in [0.25, 0.3) is 55.0 Å². The van der Waals surface area contributed by atoms with Gasteiger partial charge < -0.3 is 9.13 Å². The summed E-state index contributed by atoms with van der Waals surface area (Å²) in [7, 11) is 0. The van der Waals surface area contributed by atoms with E-state index in [1.807, 2.05) is 41.0 Å². The summed E-state index contributed by atoms with van der Waals surface area (Å²) in [6.07, 6.45) is -10.1. The van der Waals surface area contributed by atoms with Crippen LogP contribution in [-0.2, 0) is 12.4 Å². The van der Waals surface area contributed by atoms with Crippen molar-refractivity contribution in [3.8, 4) is 23.5 Å².